The van der Waals surface area contributed by atoms with Gasteiger partial charge in [0.1, 0.15) is 5.56 Å². The van der Waals surface area contributed by atoms with E-state index in [2.05, 4.69) is 20.5 Å². The van der Waals surface area contributed by atoms with Crippen LogP contribution in [0, 0.1) is 0 Å². The van der Waals surface area contributed by atoms with E-state index in [1.807, 2.05) is 0 Å². The molecule has 0 aliphatic carbocycles. The fourth-order valence-corrected chi connectivity index (χ4v) is 1.53. The molecular formula is C13H12N4O4. The second-order valence-corrected chi connectivity index (χ2v) is 3.89. The Labute approximate surface area is 119 Å². The fraction of sp³-hybridized carbons (Fsp3) is 0.0769. The number of ether oxygens (including phenoxy) is 1. The van der Waals surface area contributed by atoms with Crippen molar-refractivity contribution in [2.45, 2.75) is 0 Å². The molecule has 8 heteroatoms. The minimum absolute atomic E-state index is 0.0998. The van der Waals surface area contributed by atoms with Gasteiger partial charge in [0, 0.05) is 11.8 Å². The van der Waals surface area contributed by atoms with Crippen LogP contribution in [0.5, 0.6) is 11.5 Å². The number of rotatable bonds is 4. The van der Waals surface area contributed by atoms with Gasteiger partial charge < -0.3 is 14.8 Å². The van der Waals surface area contributed by atoms with E-state index in [-0.39, 0.29) is 17.1 Å². The Morgan fingerprint density at radius 3 is 3.05 bits per heavy atom. The van der Waals surface area contributed by atoms with Gasteiger partial charge in [-0.1, -0.05) is 6.07 Å². The van der Waals surface area contributed by atoms with Gasteiger partial charge in [-0.3, -0.25) is 9.59 Å². The number of para-hydroxylation sites is 1. The molecule has 0 saturated heterocycles. The molecule has 0 spiro atoms. The van der Waals surface area contributed by atoms with E-state index >= 15 is 0 Å². The number of aromatic nitrogens is 2. The van der Waals surface area contributed by atoms with Gasteiger partial charge in [0.05, 0.1) is 19.7 Å². The predicted octanol–water partition coefficient (Wildman–Crippen LogP) is 0.248. The maximum atomic E-state index is 11.7. The lowest BCUT2D eigenvalue weighted by molar-refractivity contribution is 0.0953. The Bertz CT molecular complexity index is 739. The number of aromatic hydroxyl groups is 1. The highest BCUT2D eigenvalue weighted by molar-refractivity contribution is 5.94. The summed E-state index contributed by atoms with van der Waals surface area (Å²) >= 11 is 0. The number of hydrogen-bond acceptors (Lipinski definition) is 6. The number of nitrogens with zero attached hydrogens (tertiary/aromatic N) is 2. The summed E-state index contributed by atoms with van der Waals surface area (Å²) in [6.07, 6.45) is 3.55. The van der Waals surface area contributed by atoms with E-state index < -0.39 is 11.5 Å². The number of aromatic amines is 1. The highest BCUT2D eigenvalue weighted by Gasteiger charge is 2.09. The number of benzene rings is 1. The first-order valence-corrected chi connectivity index (χ1v) is 5.85. The summed E-state index contributed by atoms with van der Waals surface area (Å²) in [5.74, 6) is -0.519. The largest absolute Gasteiger partial charge is 0.504 e. The zero-order valence-electron chi connectivity index (χ0n) is 11.0. The Balaban J connectivity index is 2.12. The third kappa shape index (κ3) is 3.24. The highest BCUT2D eigenvalue weighted by Crippen LogP contribution is 2.27. The first kappa shape index (κ1) is 14.3. The number of carbonyl (C=O) groups excluding carboxylic acids is 1. The summed E-state index contributed by atoms with van der Waals surface area (Å²) in [5, 5.41) is 13.5. The second kappa shape index (κ2) is 6.33. The fourth-order valence-electron chi connectivity index (χ4n) is 1.53. The van der Waals surface area contributed by atoms with Crippen LogP contribution in [-0.4, -0.2) is 34.3 Å². The third-order valence-corrected chi connectivity index (χ3v) is 2.58. The van der Waals surface area contributed by atoms with Crippen LogP contribution < -0.4 is 15.7 Å². The highest BCUT2D eigenvalue weighted by atomic mass is 16.5. The number of H-pyrrole nitrogens is 1. The number of nitrogens with one attached hydrogen (secondary N) is 2. The topological polar surface area (TPSA) is 117 Å². The first-order chi connectivity index (χ1) is 10.1. The van der Waals surface area contributed by atoms with E-state index in [0.717, 1.165) is 6.20 Å². The molecule has 0 aliphatic rings. The summed E-state index contributed by atoms with van der Waals surface area (Å²) in [5.41, 5.74) is 1.80. The molecule has 2 aromatic rings. The van der Waals surface area contributed by atoms with Gasteiger partial charge in [-0.05, 0) is 12.1 Å². The van der Waals surface area contributed by atoms with Crippen LogP contribution in [0.4, 0.5) is 0 Å². The van der Waals surface area contributed by atoms with Crippen LogP contribution in [-0.2, 0) is 0 Å². The maximum Gasteiger partial charge on any atom is 0.278 e. The van der Waals surface area contributed by atoms with Crippen molar-refractivity contribution in [2.24, 2.45) is 5.10 Å². The molecule has 0 atom stereocenters. The van der Waals surface area contributed by atoms with E-state index in [1.165, 1.54) is 19.7 Å². The summed E-state index contributed by atoms with van der Waals surface area (Å²) < 4.78 is 4.95. The van der Waals surface area contributed by atoms with Gasteiger partial charge in [-0.2, -0.15) is 5.10 Å². The standard InChI is InChI=1S/C13H12N4O4/c1-21-10-4-2-3-8(11(10)18)5-16-17-13(20)9-6-14-7-15-12(9)19/h2-7,18H,1H3,(H,17,20)(H,14,15,19)/b16-5+. The van der Waals surface area contributed by atoms with Crippen molar-refractivity contribution < 1.29 is 14.6 Å². The van der Waals surface area contributed by atoms with Crippen molar-refractivity contribution in [1.82, 2.24) is 15.4 Å². The van der Waals surface area contributed by atoms with Gasteiger partial charge in [-0.25, -0.2) is 10.4 Å². The molecule has 0 saturated carbocycles. The van der Waals surface area contributed by atoms with Gasteiger partial charge in [0.25, 0.3) is 11.5 Å². The van der Waals surface area contributed by atoms with Crippen LogP contribution >= 0.6 is 0 Å². The molecule has 0 bridgehead atoms. The van der Waals surface area contributed by atoms with E-state index in [1.54, 1.807) is 18.2 Å². The van der Waals surface area contributed by atoms with Crippen LogP contribution in [0.25, 0.3) is 0 Å². The molecule has 0 radical (unpaired) electrons. The zero-order valence-corrected chi connectivity index (χ0v) is 11.0. The average Bonchev–Trinajstić information content (AvgIpc) is 2.49. The second-order valence-electron chi connectivity index (χ2n) is 3.89. The molecule has 2 rings (SSSR count). The van der Waals surface area contributed by atoms with E-state index in [9.17, 15) is 14.7 Å². The van der Waals surface area contributed by atoms with Gasteiger partial charge in [-0.15, -0.1) is 0 Å². The Hall–Kier alpha value is -3.16. The molecule has 0 fully saturated rings. The summed E-state index contributed by atoms with van der Waals surface area (Å²) in [4.78, 5) is 29.0. The number of phenols is 1. The minimum Gasteiger partial charge on any atom is -0.504 e. The predicted molar refractivity (Wildman–Crippen MR) is 74.6 cm³/mol. The Morgan fingerprint density at radius 2 is 2.33 bits per heavy atom. The van der Waals surface area contributed by atoms with Gasteiger partial charge >= 0.3 is 0 Å². The first-order valence-electron chi connectivity index (χ1n) is 5.85. The molecular weight excluding hydrogens is 276 g/mol. The monoisotopic (exact) mass is 288 g/mol. The van der Waals surface area contributed by atoms with E-state index in [4.69, 9.17) is 4.74 Å². The number of hydrogen-bond donors (Lipinski definition) is 3. The Kier molecular flexibility index (Phi) is 4.30. The summed E-state index contributed by atoms with van der Waals surface area (Å²) in [6, 6.07) is 4.83. The van der Waals surface area contributed by atoms with Crippen molar-refractivity contribution >= 4 is 12.1 Å². The molecule has 0 aliphatic heterocycles. The van der Waals surface area contributed by atoms with Gasteiger partial charge in [0.15, 0.2) is 11.5 Å². The molecule has 1 aromatic carbocycles. The summed E-state index contributed by atoms with van der Waals surface area (Å²) in [7, 11) is 1.42. The van der Waals surface area contributed by atoms with E-state index in [0.29, 0.717) is 5.56 Å². The Morgan fingerprint density at radius 1 is 1.52 bits per heavy atom. The van der Waals surface area contributed by atoms with Crippen molar-refractivity contribution in [3.63, 3.8) is 0 Å². The number of phenolic OH excluding ortho intramolecular Hbond substituents is 1. The van der Waals surface area contributed by atoms with Crippen molar-refractivity contribution in [2.75, 3.05) is 7.11 Å². The molecule has 0 unspecified atom stereocenters. The normalized spacial score (nSPS) is 10.5. The molecule has 1 amide bonds. The van der Waals surface area contributed by atoms with Gasteiger partial charge in [0.2, 0.25) is 0 Å². The zero-order chi connectivity index (χ0) is 15.2. The lowest BCUT2D eigenvalue weighted by atomic mass is 10.2. The summed E-state index contributed by atoms with van der Waals surface area (Å²) in [6.45, 7) is 0. The number of methoxy groups -OCH3 is 1. The van der Waals surface area contributed by atoms with Crippen molar-refractivity contribution in [3.05, 3.63) is 52.2 Å². The van der Waals surface area contributed by atoms with Crippen LogP contribution in [0.1, 0.15) is 15.9 Å². The maximum absolute atomic E-state index is 11.7. The quantitative estimate of drug-likeness (QED) is 0.550. The van der Waals surface area contributed by atoms with Crippen molar-refractivity contribution in [1.29, 1.82) is 0 Å². The SMILES string of the molecule is COc1cccc(/C=N/NC(=O)c2cnc[nH]c2=O)c1O. The van der Waals surface area contributed by atoms with Crippen LogP contribution in [0.15, 0.2) is 40.6 Å². The molecule has 3 N–H and O–H groups in total. The number of carbonyl (C=O) groups is 1. The molecule has 21 heavy (non-hydrogen) atoms. The van der Waals surface area contributed by atoms with Crippen LogP contribution in [0.2, 0.25) is 0 Å². The molecule has 108 valence electrons. The minimum atomic E-state index is -0.706. The lowest BCUT2D eigenvalue weighted by Crippen LogP contribution is -2.26. The van der Waals surface area contributed by atoms with Crippen molar-refractivity contribution in [3.8, 4) is 11.5 Å². The lowest BCUT2D eigenvalue weighted by Gasteiger charge is -2.04. The number of amides is 1. The molecule has 8 nitrogen and oxygen atoms in total. The smallest absolute Gasteiger partial charge is 0.278 e. The third-order valence-electron chi connectivity index (χ3n) is 2.58. The molecule has 1 heterocycles. The number of hydrazone groups is 1. The van der Waals surface area contributed by atoms with Crippen LogP contribution in [0.3, 0.4) is 0 Å². The molecule has 1 aromatic heterocycles. The average molecular weight is 288 g/mol.